The zero-order valence-electron chi connectivity index (χ0n) is 20.9. The number of fused-ring (bicyclic) bond motifs is 1. The number of benzene rings is 3. The quantitative estimate of drug-likeness (QED) is 0.350. The van der Waals surface area contributed by atoms with Gasteiger partial charge in [0.2, 0.25) is 0 Å². The number of esters is 1. The maximum absolute atomic E-state index is 13.7. The fraction of sp³-hybridized carbons (Fsp3) is 0.258. The molecule has 2 atom stereocenters. The van der Waals surface area contributed by atoms with E-state index in [1.165, 1.54) is 29.3 Å². The van der Waals surface area contributed by atoms with Gasteiger partial charge in [-0.05, 0) is 78.3 Å². The van der Waals surface area contributed by atoms with Crippen molar-refractivity contribution in [3.63, 3.8) is 0 Å². The van der Waals surface area contributed by atoms with E-state index in [0.29, 0.717) is 6.42 Å². The minimum absolute atomic E-state index is 0.0846. The summed E-state index contributed by atoms with van der Waals surface area (Å²) in [5.41, 5.74) is 4.40. The molecule has 5 nitrogen and oxygen atoms in total. The van der Waals surface area contributed by atoms with Crippen LogP contribution < -0.4 is 0 Å². The molecule has 0 N–H and O–H groups in total. The molecule has 0 spiro atoms. The summed E-state index contributed by atoms with van der Waals surface area (Å²) in [4.78, 5) is 25.7. The third kappa shape index (κ3) is 5.88. The lowest BCUT2D eigenvalue weighted by molar-refractivity contribution is -0.153. The van der Waals surface area contributed by atoms with Crippen molar-refractivity contribution in [2.75, 3.05) is 6.61 Å². The van der Waals surface area contributed by atoms with Gasteiger partial charge >= 0.3 is 5.97 Å². The molecule has 0 bridgehead atoms. The standard InChI is InChI=1S/C31H28F2N2O3/c32-25-14-9-22(10-15-25)19-24-7-4-8-27-30(24)34-35(31(27)23-12-16-26(33)17-13-23)28(36)20-38-29(37)18-11-21-5-2-1-3-6-21/h1-3,5-6,9-10,12-17,19,27,31H,4,7-8,11,18,20H2. The molecule has 1 heterocycles. The van der Waals surface area contributed by atoms with E-state index in [1.54, 1.807) is 24.3 Å². The zero-order valence-corrected chi connectivity index (χ0v) is 20.9. The minimum atomic E-state index is -0.457. The fourth-order valence-electron chi connectivity index (χ4n) is 5.13. The third-order valence-electron chi connectivity index (χ3n) is 7.00. The summed E-state index contributed by atoms with van der Waals surface area (Å²) < 4.78 is 32.4. The molecule has 3 aromatic carbocycles. The topological polar surface area (TPSA) is 59.0 Å². The number of ether oxygens (including phenoxy) is 1. The number of halogens is 2. The number of carbonyl (C=O) groups excluding carboxylic acids is 2. The van der Waals surface area contributed by atoms with E-state index in [9.17, 15) is 18.4 Å². The van der Waals surface area contributed by atoms with Gasteiger partial charge in [-0.15, -0.1) is 0 Å². The predicted molar refractivity (Wildman–Crippen MR) is 141 cm³/mol. The van der Waals surface area contributed by atoms with Crippen molar-refractivity contribution in [1.29, 1.82) is 0 Å². The summed E-state index contributed by atoms with van der Waals surface area (Å²) in [6, 6.07) is 21.5. The number of hydrazone groups is 1. The Labute approximate surface area is 220 Å². The van der Waals surface area contributed by atoms with E-state index in [2.05, 4.69) is 0 Å². The van der Waals surface area contributed by atoms with Crippen molar-refractivity contribution >= 4 is 23.7 Å². The second-order valence-corrected chi connectivity index (χ2v) is 9.59. The molecule has 1 fully saturated rings. The zero-order chi connectivity index (χ0) is 26.5. The Morgan fingerprint density at radius 1 is 0.947 bits per heavy atom. The summed E-state index contributed by atoms with van der Waals surface area (Å²) in [6.07, 6.45) is 5.15. The van der Waals surface area contributed by atoms with Crippen LogP contribution in [0.25, 0.3) is 6.08 Å². The second-order valence-electron chi connectivity index (χ2n) is 9.59. The van der Waals surface area contributed by atoms with Crippen LogP contribution in [0, 0.1) is 17.6 Å². The third-order valence-corrected chi connectivity index (χ3v) is 7.00. The molecule has 5 rings (SSSR count). The second kappa shape index (κ2) is 11.5. The average Bonchev–Trinajstić information content (AvgIpc) is 3.33. The minimum Gasteiger partial charge on any atom is -0.455 e. The Morgan fingerprint density at radius 2 is 1.63 bits per heavy atom. The lowest BCUT2D eigenvalue weighted by Gasteiger charge is -2.29. The lowest BCUT2D eigenvalue weighted by Crippen LogP contribution is -2.34. The normalized spacial score (nSPS) is 19.7. The van der Waals surface area contributed by atoms with Crippen LogP contribution in [0.3, 0.4) is 0 Å². The van der Waals surface area contributed by atoms with Crippen LogP contribution in [0.5, 0.6) is 0 Å². The van der Waals surface area contributed by atoms with Crippen LogP contribution in [0.1, 0.15) is 48.4 Å². The molecule has 2 aliphatic rings. The molecule has 3 aromatic rings. The van der Waals surface area contributed by atoms with Gasteiger partial charge in [-0.2, -0.15) is 5.10 Å². The van der Waals surface area contributed by atoms with Crippen LogP contribution >= 0.6 is 0 Å². The van der Waals surface area contributed by atoms with Crippen LogP contribution in [0.4, 0.5) is 8.78 Å². The smallest absolute Gasteiger partial charge is 0.306 e. The van der Waals surface area contributed by atoms with E-state index in [4.69, 9.17) is 9.84 Å². The van der Waals surface area contributed by atoms with Crippen LogP contribution in [-0.2, 0) is 20.7 Å². The number of allylic oxidation sites excluding steroid dienone is 1. The highest BCUT2D eigenvalue weighted by molar-refractivity contribution is 6.08. The van der Waals surface area contributed by atoms with Crippen molar-refractivity contribution < 1.29 is 23.1 Å². The van der Waals surface area contributed by atoms with Crippen LogP contribution in [0.15, 0.2) is 89.5 Å². The summed E-state index contributed by atoms with van der Waals surface area (Å²) >= 11 is 0. The molecule has 1 amide bonds. The number of hydrogen-bond acceptors (Lipinski definition) is 4. The lowest BCUT2D eigenvalue weighted by atomic mass is 9.77. The first-order chi connectivity index (χ1) is 18.5. The Bertz CT molecular complexity index is 1350. The number of amides is 1. The molecular weight excluding hydrogens is 486 g/mol. The van der Waals surface area contributed by atoms with E-state index in [1.807, 2.05) is 36.4 Å². The summed E-state index contributed by atoms with van der Waals surface area (Å²) in [6.45, 7) is -0.425. The molecule has 1 aliphatic heterocycles. The summed E-state index contributed by atoms with van der Waals surface area (Å²) in [5.74, 6) is -1.65. The van der Waals surface area contributed by atoms with Crippen molar-refractivity contribution in [2.45, 2.75) is 38.1 Å². The first kappa shape index (κ1) is 25.5. The number of carbonyl (C=O) groups is 2. The van der Waals surface area contributed by atoms with E-state index >= 15 is 0 Å². The Kier molecular flexibility index (Phi) is 7.73. The van der Waals surface area contributed by atoms with Gasteiger partial charge in [-0.3, -0.25) is 9.59 Å². The largest absolute Gasteiger partial charge is 0.455 e. The predicted octanol–water partition coefficient (Wildman–Crippen LogP) is 6.26. The molecule has 7 heteroatoms. The van der Waals surface area contributed by atoms with Gasteiger partial charge in [0, 0.05) is 12.3 Å². The number of aryl methyl sites for hydroxylation is 1. The Balaban J connectivity index is 1.35. The van der Waals surface area contributed by atoms with Gasteiger partial charge < -0.3 is 4.74 Å². The Hall–Kier alpha value is -4.13. The number of rotatable bonds is 7. The van der Waals surface area contributed by atoms with Gasteiger partial charge in [0.25, 0.3) is 5.91 Å². The van der Waals surface area contributed by atoms with Gasteiger partial charge in [-0.1, -0.05) is 54.6 Å². The molecule has 2 unspecified atom stereocenters. The van der Waals surface area contributed by atoms with Gasteiger partial charge in [-0.25, -0.2) is 13.8 Å². The van der Waals surface area contributed by atoms with Gasteiger partial charge in [0.05, 0.1) is 11.8 Å². The monoisotopic (exact) mass is 514 g/mol. The van der Waals surface area contributed by atoms with Gasteiger partial charge in [0.15, 0.2) is 6.61 Å². The number of nitrogens with zero attached hydrogens (tertiary/aromatic N) is 2. The van der Waals surface area contributed by atoms with E-state index in [-0.39, 0.29) is 24.0 Å². The maximum Gasteiger partial charge on any atom is 0.306 e. The van der Waals surface area contributed by atoms with Crippen LogP contribution in [-0.4, -0.2) is 29.2 Å². The summed E-state index contributed by atoms with van der Waals surface area (Å²) in [7, 11) is 0. The molecule has 1 saturated carbocycles. The number of hydrogen-bond donors (Lipinski definition) is 0. The highest BCUT2D eigenvalue weighted by Gasteiger charge is 2.43. The maximum atomic E-state index is 13.7. The van der Waals surface area contributed by atoms with E-state index in [0.717, 1.165) is 47.2 Å². The molecule has 38 heavy (non-hydrogen) atoms. The van der Waals surface area contributed by atoms with Crippen LogP contribution in [0.2, 0.25) is 0 Å². The van der Waals surface area contributed by atoms with Crippen molar-refractivity contribution in [3.8, 4) is 0 Å². The molecule has 0 aromatic heterocycles. The first-order valence-electron chi connectivity index (χ1n) is 12.8. The molecule has 1 aliphatic carbocycles. The molecule has 0 radical (unpaired) electrons. The summed E-state index contributed by atoms with van der Waals surface area (Å²) in [5, 5.41) is 6.12. The van der Waals surface area contributed by atoms with Crippen molar-refractivity contribution in [3.05, 3.63) is 113 Å². The molecule has 0 saturated heterocycles. The first-order valence-corrected chi connectivity index (χ1v) is 12.8. The molecule has 194 valence electrons. The van der Waals surface area contributed by atoms with Crippen molar-refractivity contribution in [2.24, 2.45) is 11.0 Å². The highest BCUT2D eigenvalue weighted by atomic mass is 19.1. The molecular formula is C31H28F2N2O3. The highest BCUT2D eigenvalue weighted by Crippen LogP contribution is 2.44. The van der Waals surface area contributed by atoms with Crippen molar-refractivity contribution in [1.82, 2.24) is 5.01 Å². The average molecular weight is 515 g/mol. The van der Waals surface area contributed by atoms with E-state index < -0.39 is 24.5 Å². The SMILES string of the molecule is O=C(CCc1ccccc1)OCC(=O)N1N=C2C(=Cc3ccc(F)cc3)CCCC2C1c1ccc(F)cc1. The fourth-order valence-corrected chi connectivity index (χ4v) is 5.13. The Morgan fingerprint density at radius 3 is 2.34 bits per heavy atom. The van der Waals surface area contributed by atoms with Gasteiger partial charge in [0.1, 0.15) is 11.6 Å².